The van der Waals surface area contributed by atoms with Crippen LogP contribution in [0.4, 0.5) is 16.4 Å². The second-order valence-electron chi connectivity index (χ2n) is 4.28. The fraction of sp³-hybridized carbons (Fsp3) is 0.154. The van der Waals surface area contributed by atoms with Gasteiger partial charge in [0.25, 0.3) is 0 Å². The number of rotatable bonds is 5. The molecule has 2 aromatic rings. The molecule has 0 saturated carbocycles. The molecule has 0 radical (unpaired) electrons. The summed E-state index contributed by atoms with van der Waals surface area (Å²) in [5.74, 6) is -0.170. The highest BCUT2D eigenvalue weighted by Crippen LogP contribution is 2.27. The van der Waals surface area contributed by atoms with Crippen LogP contribution >= 0.6 is 22.9 Å². The van der Waals surface area contributed by atoms with Gasteiger partial charge in [0.1, 0.15) is 0 Å². The second kappa shape index (κ2) is 6.55. The minimum atomic E-state index is -0.418. The molecule has 1 heterocycles. The quantitative estimate of drug-likeness (QED) is 0.645. The lowest BCUT2D eigenvalue weighted by Gasteiger charge is -2.10. The minimum Gasteiger partial charge on any atom is -0.380 e. The van der Waals surface area contributed by atoms with Crippen molar-refractivity contribution in [1.82, 2.24) is 0 Å². The maximum Gasteiger partial charge on any atom is 0.324 e. The minimum absolute atomic E-state index is 0.102. The van der Waals surface area contributed by atoms with E-state index in [-0.39, 0.29) is 10.9 Å². The third-order valence-electron chi connectivity index (χ3n) is 2.59. The molecule has 0 fully saturated rings. The van der Waals surface area contributed by atoms with Crippen LogP contribution < -0.4 is 10.6 Å². The normalized spacial score (nSPS) is 10.2. The number of nitrogens with zero attached hydrogens (tertiary/aromatic N) is 1. The average molecular weight is 326 g/mol. The Bertz CT molecular complexity index is 687. The van der Waals surface area contributed by atoms with Crippen molar-refractivity contribution in [3.8, 4) is 0 Å². The van der Waals surface area contributed by atoms with E-state index in [4.69, 9.17) is 11.6 Å². The van der Waals surface area contributed by atoms with E-state index in [0.29, 0.717) is 22.9 Å². The summed E-state index contributed by atoms with van der Waals surface area (Å²) in [6.45, 7) is 1.83. The molecule has 2 N–H and O–H groups in total. The van der Waals surface area contributed by atoms with E-state index in [1.165, 1.54) is 13.0 Å². The molecule has 0 aliphatic rings. The third kappa shape index (κ3) is 4.17. The Morgan fingerprint density at radius 2 is 2.19 bits per heavy atom. The van der Waals surface area contributed by atoms with Crippen molar-refractivity contribution in [2.24, 2.45) is 0 Å². The van der Waals surface area contributed by atoms with E-state index in [1.54, 1.807) is 23.6 Å². The van der Waals surface area contributed by atoms with Crippen molar-refractivity contribution < 1.29 is 9.72 Å². The SMILES string of the molecule is CC(=O)Nc1ccc(Cl)c(NCc2csc([N+](=O)[O-])c2)c1. The number of amides is 1. The molecule has 6 nitrogen and oxygen atoms in total. The summed E-state index contributed by atoms with van der Waals surface area (Å²) in [5.41, 5.74) is 2.08. The van der Waals surface area contributed by atoms with Crippen LogP contribution in [0.15, 0.2) is 29.6 Å². The zero-order valence-electron chi connectivity index (χ0n) is 11.1. The molecule has 1 aromatic carbocycles. The Kier molecular flexibility index (Phi) is 4.77. The van der Waals surface area contributed by atoms with Crippen LogP contribution in [0.5, 0.6) is 0 Å². The van der Waals surface area contributed by atoms with Crippen molar-refractivity contribution in [3.05, 3.63) is 50.3 Å². The molecule has 0 saturated heterocycles. The highest BCUT2D eigenvalue weighted by atomic mass is 35.5. The van der Waals surface area contributed by atoms with Gasteiger partial charge in [-0.3, -0.25) is 14.9 Å². The maximum absolute atomic E-state index is 11.0. The summed E-state index contributed by atoms with van der Waals surface area (Å²) in [6.07, 6.45) is 0. The summed E-state index contributed by atoms with van der Waals surface area (Å²) in [6, 6.07) is 6.60. The topological polar surface area (TPSA) is 84.3 Å². The van der Waals surface area contributed by atoms with Crippen LogP contribution in [0.25, 0.3) is 0 Å². The lowest BCUT2D eigenvalue weighted by atomic mass is 10.2. The van der Waals surface area contributed by atoms with Crippen LogP contribution in [0.3, 0.4) is 0 Å². The number of thiophene rings is 1. The number of carbonyl (C=O) groups excluding carboxylic acids is 1. The molecule has 21 heavy (non-hydrogen) atoms. The van der Waals surface area contributed by atoms with Gasteiger partial charge in [0.05, 0.1) is 15.6 Å². The van der Waals surface area contributed by atoms with Gasteiger partial charge >= 0.3 is 5.00 Å². The van der Waals surface area contributed by atoms with Crippen LogP contribution in [-0.4, -0.2) is 10.8 Å². The highest BCUT2D eigenvalue weighted by molar-refractivity contribution is 7.13. The lowest BCUT2D eigenvalue weighted by molar-refractivity contribution is -0.380. The highest BCUT2D eigenvalue weighted by Gasteiger charge is 2.10. The molecule has 0 bridgehead atoms. The zero-order chi connectivity index (χ0) is 15.4. The predicted molar refractivity (Wildman–Crippen MR) is 84.1 cm³/mol. The predicted octanol–water partition coefficient (Wildman–Crippen LogP) is 3.88. The first kappa shape index (κ1) is 15.3. The van der Waals surface area contributed by atoms with Crippen molar-refractivity contribution in [3.63, 3.8) is 0 Å². The van der Waals surface area contributed by atoms with Gasteiger partial charge in [-0.2, -0.15) is 0 Å². The molecule has 0 aliphatic carbocycles. The Hall–Kier alpha value is -2.12. The van der Waals surface area contributed by atoms with Gasteiger partial charge < -0.3 is 10.6 Å². The molecule has 8 heteroatoms. The van der Waals surface area contributed by atoms with Gasteiger partial charge in [0, 0.05) is 30.6 Å². The number of benzene rings is 1. The van der Waals surface area contributed by atoms with E-state index in [9.17, 15) is 14.9 Å². The fourth-order valence-electron chi connectivity index (χ4n) is 1.69. The van der Waals surface area contributed by atoms with Crippen LogP contribution in [0, 0.1) is 10.1 Å². The summed E-state index contributed by atoms with van der Waals surface area (Å²) < 4.78 is 0. The largest absolute Gasteiger partial charge is 0.380 e. The maximum atomic E-state index is 11.0. The molecular formula is C13H12ClN3O3S. The first-order chi connectivity index (χ1) is 9.95. The average Bonchev–Trinajstić information content (AvgIpc) is 2.88. The Labute approximate surface area is 129 Å². The third-order valence-corrected chi connectivity index (χ3v) is 3.85. The first-order valence-electron chi connectivity index (χ1n) is 5.98. The number of carbonyl (C=O) groups is 1. The van der Waals surface area contributed by atoms with Gasteiger partial charge in [0.15, 0.2) is 0 Å². The number of halogens is 1. The van der Waals surface area contributed by atoms with E-state index >= 15 is 0 Å². The van der Waals surface area contributed by atoms with Gasteiger partial charge in [-0.25, -0.2) is 0 Å². The van der Waals surface area contributed by atoms with Crippen LogP contribution in [-0.2, 0) is 11.3 Å². The fourth-order valence-corrected chi connectivity index (χ4v) is 2.60. The van der Waals surface area contributed by atoms with Crippen LogP contribution in [0.1, 0.15) is 12.5 Å². The van der Waals surface area contributed by atoms with E-state index in [1.807, 2.05) is 0 Å². The Balaban J connectivity index is 2.07. The van der Waals surface area contributed by atoms with Crippen molar-refractivity contribution in [1.29, 1.82) is 0 Å². The molecule has 110 valence electrons. The second-order valence-corrected chi connectivity index (χ2v) is 5.58. The smallest absolute Gasteiger partial charge is 0.324 e. The molecule has 0 unspecified atom stereocenters. The van der Waals surface area contributed by atoms with E-state index < -0.39 is 4.92 Å². The summed E-state index contributed by atoms with van der Waals surface area (Å²) >= 11 is 7.15. The van der Waals surface area contributed by atoms with Gasteiger partial charge in [-0.15, -0.1) is 0 Å². The molecule has 0 aliphatic heterocycles. The molecule has 1 amide bonds. The summed E-state index contributed by atoms with van der Waals surface area (Å²) in [5, 5.41) is 18.7. The number of anilines is 2. The van der Waals surface area contributed by atoms with Gasteiger partial charge in [-0.1, -0.05) is 22.9 Å². The number of nitro groups is 1. The monoisotopic (exact) mass is 325 g/mol. The Morgan fingerprint density at radius 3 is 2.81 bits per heavy atom. The molecule has 2 rings (SSSR count). The van der Waals surface area contributed by atoms with Crippen molar-refractivity contribution in [2.75, 3.05) is 10.6 Å². The summed E-state index contributed by atoms with van der Waals surface area (Å²) in [7, 11) is 0. The van der Waals surface area contributed by atoms with E-state index in [2.05, 4.69) is 10.6 Å². The van der Waals surface area contributed by atoms with Gasteiger partial charge in [-0.05, 0) is 23.8 Å². The zero-order valence-corrected chi connectivity index (χ0v) is 12.6. The first-order valence-corrected chi connectivity index (χ1v) is 7.24. The van der Waals surface area contributed by atoms with Crippen molar-refractivity contribution in [2.45, 2.75) is 13.5 Å². The lowest BCUT2D eigenvalue weighted by Crippen LogP contribution is -2.06. The van der Waals surface area contributed by atoms with Crippen molar-refractivity contribution >= 4 is 45.2 Å². The molecule has 0 atom stereocenters. The number of hydrogen-bond donors (Lipinski definition) is 2. The van der Waals surface area contributed by atoms with E-state index in [0.717, 1.165) is 16.9 Å². The molecule has 1 aromatic heterocycles. The number of hydrogen-bond acceptors (Lipinski definition) is 5. The molecular weight excluding hydrogens is 314 g/mol. The standard InChI is InChI=1S/C13H12ClN3O3S/c1-8(18)16-10-2-3-11(14)12(5-10)15-6-9-4-13(17(19)20)21-7-9/h2-5,7,15H,6H2,1H3,(H,16,18). The number of nitrogens with one attached hydrogen (secondary N) is 2. The molecule has 0 spiro atoms. The van der Waals surface area contributed by atoms with Crippen LogP contribution in [0.2, 0.25) is 5.02 Å². The summed E-state index contributed by atoms with van der Waals surface area (Å²) in [4.78, 5) is 21.2. The van der Waals surface area contributed by atoms with Gasteiger partial charge in [0.2, 0.25) is 5.91 Å². The Morgan fingerprint density at radius 1 is 1.43 bits per heavy atom.